The molecule has 120 valence electrons. The molecule has 0 saturated carbocycles. The number of anilines is 1. The lowest BCUT2D eigenvalue weighted by Gasteiger charge is -2.19. The number of benzene rings is 1. The smallest absolute Gasteiger partial charge is 0.253 e. The fraction of sp³-hybridized carbons (Fsp3) is 0.438. The summed E-state index contributed by atoms with van der Waals surface area (Å²) >= 11 is 0. The van der Waals surface area contributed by atoms with E-state index < -0.39 is 6.04 Å². The first-order valence-corrected chi connectivity index (χ1v) is 7.36. The first kappa shape index (κ1) is 17.7. The van der Waals surface area contributed by atoms with E-state index in [9.17, 15) is 14.4 Å². The normalized spacial score (nSPS) is 11.5. The molecular weight excluding hydrogens is 282 g/mol. The van der Waals surface area contributed by atoms with Crippen LogP contribution in [0.3, 0.4) is 0 Å². The van der Waals surface area contributed by atoms with Gasteiger partial charge in [0.25, 0.3) is 5.91 Å². The highest BCUT2D eigenvalue weighted by atomic mass is 16.2. The standard InChI is InChI=1S/C16H23N3O3/c1-5-19(6-2)16(22)13-8-7-9-14(10-13)18-15(21)11(3)17-12(4)20/h7-11H,5-6H2,1-4H3,(H,17,20)(H,18,21). The van der Waals surface area contributed by atoms with Crippen LogP contribution in [-0.4, -0.2) is 41.8 Å². The molecule has 3 amide bonds. The van der Waals surface area contributed by atoms with Crippen LogP contribution in [0.2, 0.25) is 0 Å². The summed E-state index contributed by atoms with van der Waals surface area (Å²) in [5.74, 6) is -0.674. The molecule has 0 aliphatic rings. The van der Waals surface area contributed by atoms with E-state index in [1.165, 1.54) is 6.92 Å². The number of rotatable bonds is 6. The Balaban J connectivity index is 2.82. The zero-order valence-corrected chi connectivity index (χ0v) is 13.5. The minimum atomic E-state index is -0.639. The van der Waals surface area contributed by atoms with Gasteiger partial charge in [-0.05, 0) is 39.0 Å². The molecule has 1 unspecified atom stereocenters. The second kappa shape index (κ2) is 8.17. The lowest BCUT2D eigenvalue weighted by atomic mass is 10.1. The van der Waals surface area contributed by atoms with Gasteiger partial charge in [-0.1, -0.05) is 6.07 Å². The number of amides is 3. The van der Waals surface area contributed by atoms with E-state index in [-0.39, 0.29) is 17.7 Å². The summed E-state index contributed by atoms with van der Waals surface area (Å²) in [6.07, 6.45) is 0. The minimum absolute atomic E-state index is 0.0731. The fourth-order valence-corrected chi connectivity index (χ4v) is 2.04. The van der Waals surface area contributed by atoms with Gasteiger partial charge in [0.05, 0.1) is 0 Å². The maximum absolute atomic E-state index is 12.3. The van der Waals surface area contributed by atoms with E-state index in [2.05, 4.69) is 10.6 Å². The van der Waals surface area contributed by atoms with Crippen molar-refractivity contribution in [2.45, 2.75) is 33.7 Å². The van der Waals surface area contributed by atoms with Gasteiger partial charge in [-0.25, -0.2) is 0 Å². The van der Waals surface area contributed by atoms with Crippen LogP contribution in [0, 0.1) is 0 Å². The van der Waals surface area contributed by atoms with Gasteiger partial charge in [-0.3, -0.25) is 14.4 Å². The third-order valence-electron chi connectivity index (χ3n) is 3.24. The van der Waals surface area contributed by atoms with Crippen molar-refractivity contribution < 1.29 is 14.4 Å². The van der Waals surface area contributed by atoms with Crippen molar-refractivity contribution in [1.82, 2.24) is 10.2 Å². The van der Waals surface area contributed by atoms with Gasteiger partial charge in [-0.15, -0.1) is 0 Å². The predicted molar refractivity (Wildman–Crippen MR) is 85.6 cm³/mol. The molecule has 0 heterocycles. The van der Waals surface area contributed by atoms with Gasteiger partial charge in [0, 0.05) is 31.3 Å². The molecule has 0 spiro atoms. The Labute approximate surface area is 130 Å². The van der Waals surface area contributed by atoms with Gasteiger partial charge >= 0.3 is 0 Å². The summed E-state index contributed by atoms with van der Waals surface area (Å²) in [6.45, 7) is 8.05. The van der Waals surface area contributed by atoms with Crippen LogP contribution in [0.25, 0.3) is 0 Å². The van der Waals surface area contributed by atoms with Crippen LogP contribution in [0.5, 0.6) is 0 Å². The monoisotopic (exact) mass is 305 g/mol. The Hall–Kier alpha value is -2.37. The maximum Gasteiger partial charge on any atom is 0.253 e. The first-order valence-electron chi connectivity index (χ1n) is 7.36. The summed E-state index contributed by atoms with van der Waals surface area (Å²) in [7, 11) is 0. The fourth-order valence-electron chi connectivity index (χ4n) is 2.04. The molecule has 22 heavy (non-hydrogen) atoms. The van der Waals surface area contributed by atoms with E-state index in [0.717, 1.165) is 0 Å². The Bertz CT molecular complexity index is 553. The van der Waals surface area contributed by atoms with Gasteiger partial charge in [0.15, 0.2) is 0 Å². The van der Waals surface area contributed by atoms with Crippen molar-refractivity contribution in [2.24, 2.45) is 0 Å². The zero-order chi connectivity index (χ0) is 16.7. The quantitative estimate of drug-likeness (QED) is 0.838. The Morgan fingerprint density at radius 1 is 1.18 bits per heavy atom. The van der Waals surface area contributed by atoms with E-state index in [1.54, 1.807) is 36.1 Å². The van der Waals surface area contributed by atoms with Gasteiger partial charge in [0.1, 0.15) is 6.04 Å². The number of nitrogens with zero attached hydrogens (tertiary/aromatic N) is 1. The number of hydrogen-bond acceptors (Lipinski definition) is 3. The summed E-state index contributed by atoms with van der Waals surface area (Å²) in [5.41, 5.74) is 1.05. The lowest BCUT2D eigenvalue weighted by Crippen LogP contribution is -2.40. The number of hydrogen-bond donors (Lipinski definition) is 2. The van der Waals surface area contributed by atoms with Gasteiger partial charge < -0.3 is 15.5 Å². The Kier molecular flexibility index (Phi) is 6.56. The van der Waals surface area contributed by atoms with Crippen molar-refractivity contribution >= 4 is 23.4 Å². The molecule has 1 aromatic rings. The highest BCUT2D eigenvalue weighted by Gasteiger charge is 2.16. The topological polar surface area (TPSA) is 78.5 Å². The Morgan fingerprint density at radius 2 is 1.82 bits per heavy atom. The maximum atomic E-state index is 12.3. The minimum Gasteiger partial charge on any atom is -0.345 e. The van der Waals surface area contributed by atoms with Gasteiger partial charge in [0.2, 0.25) is 11.8 Å². The van der Waals surface area contributed by atoms with E-state index in [1.807, 2.05) is 13.8 Å². The van der Waals surface area contributed by atoms with Crippen molar-refractivity contribution in [3.63, 3.8) is 0 Å². The van der Waals surface area contributed by atoms with Crippen LogP contribution >= 0.6 is 0 Å². The largest absolute Gasteiger partial charge is 0.345 e. The van der Waals surface area contributed by atoms with Crippen LogP contribution in [-0.2, 0) is 9.59 Å². The molecule has 6 heteroatoms. The summed E-state index contributed by atoms with van der Waals surface area (Å²) in [4.78, 5) is 36.9. The summed E-state index contributed by atoms with van der Waals surface area (Å²) < 4.78 is 0. The van der Waals surface area contributed by atoms with Gasteiger partial charge in [-0.2, -0.15) is 0 Å². The molecule has 0 aliphatic heterocycles. The molecule has 6 nitrogen and oxygen atoms in total. The third-order valence-corrected chi connectivity index (χ3v) is 3.24. The van der Waals surface area contributed by atoms with E-state index in [0.29, 0.717) is 24.3 Å². The second-order valence-electron chi connectivity index (χ2n) is 4.97. The zero-order valence-electron chi connectivity index (χ0n) is 13.5. The Morgan fingerprint density at radius 3 is 2.36 bits per heavy atom. The first-order chi connectivity index (χ1) is 10.4. The molecule has 0 radical (unpaired) electrons. The second-order valence-corrected chi connectivity index (χ2v) is 4.97. The van der Waals surface area contributed by atoms with Crippen molar-refractivity contribution in [2.75, 3.05) is 18.4 Å². The molecule has 1 atom stereocenters. The molecule has 1 rings (SSSR count). The predicted octanol–water partition coefficient (Wildman–Crippen LogP) is 1.63. The molecule has 0 saturated heterocycles. The molecular formula is C16H23N3O3. The van der Waals surface area contributed by atoms with Crippen LogP contribution in [0.4, 0.5) is 5.69 Å². The number of carbonyl (C=O) groups excluding carboxylic acids is 3. The van der Waals surface area contributed by atoms with Crippen LogP contribution in [0.1, 0.15) is 38.1 Å². The lowest BCUT2D eigenvalue weighted by molar-refractivity contribution is -0.124. The van der Waals surface area contributed by atoms with Crippen LogP contribution < -0.4 is 10.6 Å². The van der Waals surface area contributed by atoms with Crippen LogP contribution in [0.15, 0.2) is 24.3 Å². The summed E-state index contributed by atoms with van der Waals surface area (Å²) in [6, 6.07) is 6.14. The highest BCUT2D eigenvalue weighted by Crippen LogP contribution is 2.13. The van der Waals surface area contributed by atoms with Crippen molar-refractivity contribution in [3.8, 4) is 0 Å². The average molecular weight is 305 g/mol. The van der Waals surface area contributed by atoms with E-state index >= 15 is 0 Å². The average Bonchev–Trinajstić information content (AvgIpc) is 2.47. The molecule has 2 N–H and O–H groups in total. The molecule has 0 aromatic heterocycles. The molecule has 0 aliphatic carbocycles. The summed E-state index contributed by atoms with van der Waals surface area (Å²) in [5, 5.41) is 5.20. The molecule has 0 fully saturated rings. The van der Waals surface area contributed by atoms with Crippen molar-refractivity contribution in [3.05, 3.63) is 29.8 Å². The molecule has 0 bridgehead atoms. The van der Waals surface area contributed by atoms with Crippen molar-refractivity contribution in [1.29, 1.82) is 0 Å². The number of nitrogens with one attached hydrogen (secondary N) is 2. The number of carbonyl (C=O) groups is 3. The SMILES string of the molecule is CCN(CC)C(=O)c1cccc(NC(=O)C(C)NC(C)=O)c1. The highest BCUT2D eigenvalue weighted by molar-refractivity contribution is 5.99. The third kappa shape index (κ3) is 4.87. The molecule has 1 aromatic carbocycles. The van der Waals surface area contributed by atoms with E-state index in [4.69, 9.17) is 0 Å².